The largest absolute Gasteiger partial charge is 0.472 e. The van der Waals surface area contributed by atoms with Gasteiger partial charge in [0.2, 0.25) is 0 Å². The highest BCUT2D eigenvalue weighted by molar-refractivity contribution is 7.47. The molecule has 7 heteroatoms. The van der Waals surface area contributed by atoms with Gasteiger partial charge in [-0.3, -0.25) is 9.05 Å². The SMILES string of the molecule is CCCCCCCCCCCCCCCCOP(=O)(O)OCCCCCC(CCCC)CCCOCCC.[AlH3]. The van der Waals surface area contributed by atoms with Crippen LogP contribution in [-0.2, 0) is 18.3 Å². The summed E-state index contributed by atoms with van der Waals surface area (Å²) in [5, 5.41) is 0. The molecule has 0 fully saturated rings. The first-order valence-corrected chi connectivity index (χ1v) is 18.2. The Kier molecular flexibility index (Phi) is 35.4. The molecule has 2 atom stereocenters. The highest BCUT2D eigenvalue weighted by atomic mass is 31.2. The van der Waals surface area contributed by atoms with Gasteiger partial charge >= 0.3 is 7.82 Å². The topological polar surface area (TPSA) is 65.0 Å². The fourth-order valence-corrected chi connectivity index (χ4v) is 5.85. The Morgan fingerprint density at radius 2 is 0.897 bits per heavy atom. The molecule has 39 heavy (non-hydrogen) atoms. The first-order valence-electron chi connectivity index (χ1n) is 16.7. The van der Waals surface area contributed by atoms with E-state index in [9.17, 15) is 9.46 Å². The molecule has 0 aromatic rings. The third-order valence-electron chi connectivity index (χ3n) is 7.48. The van der Waals surface area contributed by atoms with Crippen LogP contribution in [0.5, 0.6) is 0 Å². The van der Waals surface area contributed by atoms with Crippen molar-refractivity contribution in [1.82, 2.24) is 0 Å². The maximum absolute atomic E-state index is 12.1. The van der Waals surface area contributed by atoms with E-state index < -0.39 is 7.82 Å². The van der Waals surface area contributed by atoms with E-state index in [1.54, 1.807) is 0 Å². The van der Waals surface area contributed by atoms with Gasteiger partial charge in [-0.05, 0) is 38.0 Å². The first-order chi connectivity index (χ1) is 18.6. The van der Waals surface area contributed by atoms with E-state index in [0.29, 0.717) is 13.2 Å². The van der Waals surface area contributed by atoms with Gasteiger partial charge in [0.25, 0.3) is 0 Å². The van der Waals surface area contributed by atoms with Gasteiger partial charge in [-0.15, -0.1) is 0 Å². The summed E-state index contributed by atoms with van der Waals surface area (Å²) in [6, 6.07) is 0. The summed E-state index contributed by atoms with van der Waals surface area (Å²) in [4.78, 5) is 9.92. The van der Waals surface area contributed by atoms with Crippen LogP contribution in [0.4, 0.5) is 0 Å². The zero-order chi connectivity index (χ0) is 28.0. The van der Waals surface area contributed by atoms with Crippen LogP contribution in [-0.4, -0.2) is 48.7 Å². The molecule has 0 aliphatic carbocycles. The highest BCUT2D eigenvalue weighted by Crippen LogP contribution is 2.43. The molecule has 0 spiro atoms. The molecule has 2 unspecified atom stereocenters. The van der Waals surface area contributed by atoms with Gasteiger partial charge in [-0.1, -0.05) is 143 Å². The molecular weight excluding hydrogens is 522 g/mol. The van der Waals surface area contributed by atoms with E-state index >= 15 is 0 Å². The van der Waals surface area contributed by atoms with Crippen LogP contribution in [0.25, 0.3) is 0 Å². The van der Waals surface area contributed by atoms with Crippen molar-refractivity contribution < 1.29 is 23.2 Å². The maximum Gasteiger partial charge on any atom is 0.472 e. The van der Waals surface area contributed by atoms with Crippen LogP contribution < -0.4 is 0 Å². The standard InChI is InChI=1S/C32H67O5P.Al.3H/c1-4-7-9-10-11-12-13-14-15-16-17-18-19-22-30-36-38(33,34)37-31-23-20-21-26-32(25-8-5-2)27-24-29-35-28-6-3;;;;/h32H,4-31H2,1-3H3,(H,33,34);;;;. The van der Waals surface area contributed by atoms with Crippen LogP contribution >= 0.6 is 7.82 Å². The van der Waals surface area contributed by atoms with E-state index in [2.05, 4.69) is 20.8 Å². The Balaban J connectivity index is 0. The summed E-state index contributed by atoms with van der Waals surface area (Å²) in [6.07, 6.45) is 29.7. The van der Waals surface area contributed by atoms with Crippen molar-refractivity contribution in [3.63, 3.8) is 0 Å². The van der Waals surface area contributed by atoms with Crippen molar-refractivity contribution in [1.29, 1.82) is 0 Å². The van der Waals surface area contributed by atoms with Crippen LogP contribution in [0.15, 0.2) is 0 Å². The summed E-state index contributed by atoms with van der Waals surface area (Å²) < 4.78 is 28.1. The second-order valence-corrected chi connectivity index (χ2v) is 12.8. The van der Waals surface area contributed by atoms with Gasteiger partial charge in [0.1, 0.15) is 0 Å². The van der Waals surface area contributed by atoms with Crippen molar-refractivity contribution >= 4 is 25.2 Å². The number of hydrogen-bond acceptors (Lipinski definition) is 4. The van der Waals surface area contributed by atoms with Crippen LogP contribution in [0, 0.1) is 5.92 Å². The van der Waals surface area contributed by atoms with Crippen LogP contribution in [0.3, 0.4) is 0 Å². The first kappa shape index (κ1) is 41.7. The van der Waals surface area contributed by atoms with E-state index in [4.69, 9.17) is 13.8 Å². The molecule has 0 aliphatic rings. The van der Waals surface area contributed by atoms with Crippen molar-refractivity contribution in [3.05, 3.63) is 0 Å². The molecule has 0 saturated heterocycles. The molecule has 0 aromatic carbocycles. The van der Waals surface area contributed by atoms with Crippen molar-refractivity contribution in [3.8, 4) is 0 Å². The van der Waals surface area contributed by atoms with E-state index in [-0.39, 0.29) is 17.4 Å². The second-order valence-electron chi connectivity index (χ2n) is 11.3. The van der Waals surface area contributed by atoms with Gasteiger partial charge in [-0.25, -0.2) is 4.57 Å². The average molecular weight is 593 g/mol. The Morgan fingerprint density at radius 3 is 1.38 bits per heavy atom. The molecule has 0 aliphatic heterocycles. The molecule has 0 rings (SSSR count). The predicted molar refractivity (Wildman–Crippen MR) is 174 cm³/mol. The maximum atomic E-state index is 12.1. The number of unbranched alkanes of at least 4 members (excludes halogenated alkanes) is 16. The summed E-state index contributed by atoms with van der Waals surface area (Å²) in [6.45, 7) is 9.05. The average Bonchev–Trinajstić information content (AvgIpc) is 2.90. The molecule has 0 saturated carbocycles. The Hall–Kier alpha value is 0.602. The molecule has 5 nitrogen and oxygen atoms in total. The summed E-state index contributed by atoms with van der Waals surface area (Å²) in [5.41, 5.74) is 0. The molecule has 0 radical (unpaired) electrons. The molecule has 236 valence electrons. The molecular formula is C32H70AlO5P. The quantitative estimate of drug-likeness (QED) is 0.0478. The lowest BCUT2D eigenvalue weighted by Crippen LogP contribution is -2.05. The van der Waals surface area contributed by atoms with Crippen molar-refractivity contribution in [2.24, 2.45) is 5.92 Å². The number of phosphoric ester groups is 1. The minimum absolute atomic E-state index is 0. The zero-order valence-electron chi connectivity index (χ0n) is 25.9. The Bertz CT molecular complexity index is 509. The van der Waals surface area contributed by atoms with E-state index in [1.807, 2.05) is 0 Å². The van der Waals surface area contributed by atoms with Crippen LogP contribution in [0.1, 0.15) is 175 Å². The van der Waals surface area contributed by atoms with Crippen molar-refractivity contribution in [2.75, 3.05) is 26.4 Å². The Morgan fingerprint density at radius 1 is 0.487 bits per heavy atom. The van der Waals surface area contributed by atoms with Gasteiger partial charge in [0.05, 0.1) is 13.2 Å². The number of ether oxygens (including phenoxy) is 1. The molecule has 0 bridgehead atoms. The predicted octanol–water partition coefficient (Wildman–Crippen LogP) is 9.99. The normalized spacial score (nSPS) is 13.7. The Labute approximate surface area is 255 Å². The summed E-state index contributed by atoms with van der Waals surface area (Å²) in [7, 11) is -3.90. The van der Waals surface area contributed by atoms with Crippen LogP contribution in [0.2, 0.25) is 0 Å². The smallest absolute Gasteiger partial charge is 0.381 e. The number of rotatable bonds is 32. The second kappa shape index (κ2) is 33.1. The lowest BCUT2D eigenvalue weighted by Gasteiger charge is -2.17. The fourth-order valence-electron chi connectivity index (χ4n) is 5.05. The zero-order valence-corrected chi connectivity index (χ0v) is 26.8. The van der Waals surface area contributed by atoms with Gasteiger partial charge in [-0.2, -0.15) is 0 Å². The lowest BCUT2D eigenvalue weighted by atomic mass is 9.91. The molecule has 0 amide bonds. The minimum Gasteiger partial charge on any atom is -0.381 e. The monoisotopic (exact) mass is 592 g/mol. The number of hydrogen-bond donors (Lipinski definition) is 1. The minimum atomic E-state index is -3.90. The lowest BCUT2D eigenvalue weighted by molar-refractivity contribution is 0.126. The summed E-state index contributed by atoms with van der Waals surface area (Å²) >= 11 is 0. The third kappa shape index (κ3) is 33.0. The van der Waals surface area contributed by atoms with Gasteiger partial charge in [0, 0.05) is 13.2 Å². The van der Waals surface area contributed by atoms with Gasteiger partial charge < -0.3 is 9.63 Å². The number of phosphoric acid groups is 1. The molecule has 0 heterocycles. The highest BCUT2D eigenvalue weighted by Gasteiger charge is 2.20. The molecule has 0 aromatic heterocycles. The third-order valence-corrected chi connectivity index (χ3v) is 8.50. The fraction of sp³-hybridized carbons (Fsp3) is 1.00. The van der Waals surface area contributed by atoms with E-state index in [0.717, 1.165) is 64.1 Å². The van der Waals surface area contributed by atoms with Gasteiger partial charge in [0.15, 0.2) is 17.4 Å². The molecule has 1 N–H and O–H groups in total. The van der Waals surface area contributed by atoms with E-state index in [1.165, 1.54) is 109 Å². The summed E-state index contributed by atoms with van der Waals surface area (Å²) in [5.74, 6) is 0.776. The van der Waals surface area contributed by atoms with Crippen molar-refractivity contribution in [2.45, 2.75) is 175 Å².